The Labute approximate surface area is 133 Å². The molecule has 2 aliphatic rings. The number of carbonyl (C=O) groups excluding carboxylic acids is 1. The van der Waals surface area contributed by atoms with Gasteiger partial charge in [0.25, 0.3) is 5.91 Å². The predicted octanol–water partition coefficient (Wildman–Crippen LogP) is 3.83. The monoisotopic (exact) mass is 313 g/mol. The Morgan fingerprint density at radius 3 is 2.86 bits per heavy atom. The number of allylic oxidation sites excluding steroid dienone is 1. The number of benzene rings is 1. The van der Waals surface area contributed by atoms with Gasteiger partial charge in [0.1, 0.15) is 5.69 Å². The number of rotatable bonds is 3. The van der Waals surface area contributed by atoms with Crippen LogP contribution in [-0.2, 0) is 0 Å². The van der Waals surface area contributed by atoms with Gasteiger partial charge in [-0.25, -0.2) is 0 Å². The summed E-state index contributed by atoms with van der Waals surface area (Å²) in [4.78, 5) is 20.2. The first kappa shape index (κ1) is 13.6. The fourth-order valence-electron chi connectivity index (χ4n) is 2.92. The van der Waals surface area contributed by atoms with Crippen molar-refractivity contribution in [1.82, 2.24) is 10.3 Å². The van der Waals surface area contributed by atoms with E-state index in [0.29, 0.717) is 10.7 Å². The summed E-state index contributed by atoms with van der Waals surface area (Å²) in [5, 5.41) is 4.75. The summed E-state index contributed by atoms with van der Waals surface area (Å²) < 4.78 is 0. The zero-order chi connectivity index (χ0) is 15.3. The lowest BCUT2D eigenvalue weighted by Gasteiger charge is -2.16. The number of H-pyrrole nitrogens is 1. The number of amides is 1. The van der Waals surface area contributed by atoms with Crippen LogP contribution in [0, 0.1) is 0 Å². The molecule has 4 nitrogen and oxygen atoms in total. The Morgan fingerprint density at radius 1 is 1.36 bits per heavy atom. The largest absolute Gasteiger partial charge is 0.351 e. The lowest BCUT2D eigenvalue weighted by atomic mass is 10.1. The molecule has 2 heterocycles. The number of fused-ring (bicyclic) bond motifs is 1. The molecule has 112 valence electrons. The van der Waals surface area contributed by atoms with Crippen molar-refractivity contribution in [3.8, 4) is 0 Å². The van der Waals surface area contributed by atoms with Gasteiger partial charge in [0.05, 0.1) is 11.2 Å². The molecule has 2 N–H and O–H groups in total. The lowest BCUT2D eigenvalue weighted by Crippen LogP contribution is -2.38. The maximum Gasteiger partial charge on any atom is 0.268 e. The second kappa shape index (κ2) is 4.71. The molecule has 1 saturated carbocycles. The van der Waals surface area contributed by atoms with Crippen molar-refractivity contribution in [3.63, 3.8) is 0 Å². The highest BCUT2D eigenvalue weighted by atomic mass is 35.5. The van der Waals surface area contributed by atoms with Crippen LogP contribution in [0.1, 0.15) is 36.7 Å². The molecule has 1 aromatic heterocycles. The van der Waals surface area contributed by atoms with Crippen LogP contribution in [0.3, 0.4) is 0 Å². The van der Waals surface area contributed by atoms with Crippen molar-refractivity contribution in [2.24, 2.45) is 4.99 Å². The fraction of sp³-hybridized carbons (Fsp3) is 0.294. The third-order valence-electron chi connectivity index (χ3n) is 4.32. The third kappa shape index (κ3) is 2.24. The molecule has 22 heavy (non-hydrogen) atoms. The molecule has 5 heteroatoms. The highest BCUT2D eigenvalue weighted by Crippen LogP contribution is 2.44. The van der Waals surface area contributed by atoms with Crippen LogP contribution in [-0.4, -0.2) is 22.1 Å². The van der Waals surface area contributed by atoms with Crippen molar-refractivity contribution in [2.45, 2.75) is 31.7 Å². The Hall–Kier alpha value is -2.07. The molecule has 0 saturated heterocycles. The van der Waals surface area contributed by atoms with Gasteiger partial charge < -0.3 is 10.3 Å². The normalized spacial score (nSPS) is 19.0. The number of aromatic amines is 1. The summed E-state index contributed by atoms with van der Waals surface area (Å²) >= 11 is 5.99. The number of nitrogens with zero attached hydrogens (tertiary/aromatic N) is 1. The standard InChI is InChI=1S/C17H16ClN3O/c1-10-2-5-15(19-10)17(6-7-17)21-16(22)14-9-11-8-12(18)3-4-13(11)20-14/h3-5,8-9,20H,2,6-7H2,1H3,(H,21,22). The number of aromatic nitrogens is 1. The van der Waals surface area contributed by atoms with Crippen molar-refractivity contribution in [1.29, 1.82) is 0 Å². The van der Waals surface area contributed by atoms with E-state index in [1.54, 1.807) is 0 Å². The van der Waals surface area contributed by atoms with Crippen LogP contribution in [0.2, 0.25) is 5.02 Å². The van der Waals surface area contributed by atoms with E-state index in [1.807, 2.05) is 31.2 Å². The number of nitrogens with one attached hydrogen (secondary N) is 2. The summed E-state index contributed by atoms with van der Waals surface area (Å²) in [6, 6.07) is 7.38. The summed E-state index contributed by atoms with van der Waals surface area (Å²) in [6.07, 6.45) is 4.91. The van der Waals surface area contributed by atoms with Gasteiger partial charge in [-0.2, -0.15) is 0 Å². The van der Waals surface area contributed by atoms with Crippen LogP contribution >= 0.6 is 11.6 Å². The second-order valence-electron chi connectivity index (χ2n) is 6.09. The highest BCUT2D eigenvalue weighted by molar-refractivity contribution is 6.31. The van der Waals surface area contributed by atoms with Gasteiger partial charge in [0, 0.05) is 28.1 Å². The quantitative estimate of drug-likeness (QED) is 0.889. The van der Waals surface area contributed by atoms with Gasteiger partial charge in [0.2, 0.25) is 0 Å². The Balaban J connectivity index is 1.59. The van der Waals surface area contributed by atoms with Crippen molar-refractivity contribution in [2.75, 3.05) is 0 Å². The van der Waals surface area contributed by atoms with Crippen LogP contribution in [0.25, 0.3) is 10.9 Å². The van der Waals surface area contributed by atoms with Gasteiger partial charge in [-0.1, -0.05) is 17.7 Å². The maximum absolute atomic E-state index is 12.5. The average Bonchev–Trinajstić information content (AvgIpc) is 2.94. The molecule has 1 aromatic carbocycles. The number of carbonyl (C=O) groups is 1. The second-order valence-corrected chi connectivity index (χ2v) is 6.53. The maximum atomic E-state index is 12.5. The van der Waals surface area contributed by atoms with E-state index in [0.717, 1.165) is 41.6 Å². The molecule has 1 aliphatic heterocycles. The molecule has 0 radical (unpaired) electrons. The zero-order valence-corrected chi connectivity index (χ0v) is 13.0. The van der Waals surface area contributed by atoms with Crippen LogP contribution in [0.4, 0.5) is 0 Å². The first-order chi connectivity index (χ1) is 10.6. The summed E-state index contributed by atoms with van der Waals surface area (Å²) in [6.45, 7) is 2.02. The van der Waals surface area contributed by atoms with E-state index in [-0.39, 0.29) is 11.4 Å². The Bertz CT molecular complexity index is 843. The van der Waals surface area contributed by atoms with Gasteiger partial charge in [0.15, 0.2) is 0 Å². The smallest absolute Gasteiger partial charge is 0.268 e. The molecule has 0 atom stereocenters. The summed E-state index contributed by atoms with van der Waals surface area (Å²) in [5.41, 5.74) is 3.33. The van der Waals surface area contributed by atoms with Gasteiger partial charge in [-0.15, -0.1) is 0 Å². The summed E-state index contributed by atoms with van der Waals surface area (Å²) in [7, 11) is 0. The summed E-state index contributed by atoms with van der Waals surface area (Å²) in [5.74, 6) is -0.0922. The molecule has 1 aliphatic carbocycles. The molecule has 1 fully saturated rings. The molecule has 2 aromatic rings. The number of aliphatic imine (C=N–C) groups is 1. The topological polar surface area (TPSA) is 57.2 Å². The van der Waals surface area contributed by atoms with E-state index >= 15 is 0 Å². The molecule has 0 bridgehead atoms. The highest BCUT2D eigenvalue weighted by Gasteiger charge is 2.48. The van der Waals surface area contributed by atoms with E-state index in [9.17, 15) is 4.79 Å². The molecular weight excluding hydrogens is 298 g/mol. The third-order valence-corrected chi connectivity index (χ3v) is 4.56. The minimum atomic E-state index is -0.260. The molecule has 1 amide bonds. The molecular formula is C17H16ClN3O. The first-order valence-electron chi connectivity index (χ1n) is 7.41. The number of hydrogen-bond acceptors (Lipinski definition) is 2. The van der Waals surface area contributed by atoms with Crippen LogP contribution in [0.15, 0.2) is 41.0 Å². The van der Waals surface area contributed by atoms with Crippen molar-refractivity contribution < 1.29 is 4.79 Å². The average molecular weight is 314 g/mol. The van der Waals surface area contributed by atoms with Crippen molar-refractivity contribution >= 4 is 34.1 Å². The molecule has 4 rings (SSSR count). The fourth-order valence-corrected chi connectivity index (χ4v) is 3.10. The Morgan fingerprint density at radius 2 is 2.18 bits per heavy atom. The number of halogens is 1. The molecule has 0 unspecified atom stereocenters. The SMILES string of the molecule is CC1=NC(C2(NC(=O)c3cc4cc(Cl)ccc4[nH]3)CC2)=CC1. The molecule has 0 spiro atoms. The van der Waals surface area contributed by atoms with Gasteiger partial charge in [-0.05, 0) is 44.0 Å². The van der Waals surface area contributed by atoms with Crippen LogP contribution in [0.5, 0.6) is 0 Å². The van der Waals surface area contributed by atoms with Crippen LogP contribution < -0.4 is 5.32 Å². The number of hydrogen-bond donors (Lipinski definition) is 2. The first-order valence-corrected chi connectivity index (χ1v) is 7.79. The van der Waals surface area contributed by atoms with E-state index in [1.165, 1.54) is 0 Å². The Kier molecular flexibility index (Phi) is 2.91. The zero-order valence-electron chi connectivity index (χ0n) is 12.2. The van der Waals surface area contributed by atoms with E-state index in [4.69, 9.17) is 11.6 Å². The van der Waals surface area contributed by atoms with Crippen molar-refractivity contribution in [3.05, 3.63) is 46.8 Å². The van der Waals surface area contributed by atoms with E-state index < -0.39 is 0 Å². The van der Waals surface area contributed by atoms with Gasteiger partial charge in [-0.3, -0.25) is 9.79 Å². The van der Waals surface area contributed by atoms with Gasteiger partial charge >= 0.3 is 0 Å². The van der Waals surface area contributed by atoms with E-state index in [2.05, 4.69) is 21.4 Å². The minimum Gasteiger partial charge on any atom is -0.351 e. The lowest BCUT2D eigenvalue weighted by molar-refractivity contribution is 0.0934. The minimum absolute atomic E-state index is 0.0922. The predicted molar refractivity (Wildman–Crippen MR) is 88.5 cm³/mol.